The van der Waals surface area contributed by atoms with Crippen molar-refractivity contribution in [3.8, 4) is 0 Å². The molecule has 2 aromatic rings. The van der Waals surface area contributed by atoms with Crippen LogP contribution in [-0.2, 0) is 6.61 Å². The van der Waals surface area contributed by atoms with E-state index in [2.05, 4.69) is 23.7 Å². The summed E-state index contributed by atoms with van der Waals surface area (Å²) in [6.07, 6.45) is 0. The maximum atomic E-state index is 9.34. The molecular weight excluding hydrogens is 240 g/mol. The summed E-state index contributed by atoms with van der Waals surface area (Å²) in [6, 6.07) is 10.1. The first kappa shape index (κ1) is 13.8. The highest BCUT2D eigenvalue weighted by Gasteiger charge is 2.15. The molecule has 0 saturated carbocycles. The summed E-state index contributed by atoms with van der Waals surface area (Å²) in [5.41, 5.74) is 0.650. The highest BCUT2D eigenvalue weighted by Crippen LogP contribution is 2.27. The molecule has 4 heteroatoms. The third-order valence-electron chi connectivity index (χ3n) is 3.17. The summed E-state index contributed by atoms with van der Waals surface area (Å²) in [4.78, 5) is 6.58. The second kappa shape index (κ2) is 5.99. The Kier molecular flexibility index (Phi) is 4.35. The monoisotopic (exact) mass is 260 g/mol. The fraction of sp³-hybridized carbons (Fsp3) is 0.400. The molecule has 4 nitrogen and oxygen atoms in total. The zero-order valence-electron chi connectivity index (χ0n) is 11.4. The van der Waals surface area contributed by atoms with Crippen molar-refractivity contribution < 1.29 is 10.2 Å². The number of pyridine rings is 1. The first-order chi connectivity index (χ1) is 9.17. The van der Waals surface area contributed by atoms with Gasteiger partial charge < -0.3 is 15.1 Å². The van der Waals surface area contributed by atoms with Gasteiger partial charge in [0.1, 0.15) is 5.82 Å². The normalized spacial score (nSPS) is 11.2. The molecule has 0 fully saturated rings. The zero-order valence-corrected chi connectivity index (χ0v) is 11.4. The van der Waals surface area contributed by atoms with Crippen LogP contribution in [0.15, 0.2) is 30.3 Å². The molecule has 0 atom stereocenters. The molecule has 1 aromatic heterocycles. The number of aromatic nitrogens is 1. The van der Waals surface area contributed by atoms with E-state index >= 15 is 0 Å². The second-order valence-corrected chi connectivity index (χ2v) is 4.83. The third-order valence-corrected chi connectivity index (χ3v) is 3.17. The third kappa shape index (κ3) is 2.85. The van der Waals surface area contributed by atoms with E-state index in [0.29, 0.717) is 12.2 Å². The van der Waals surface area contributed by atoms with Gasteiger partial charge in [-0.05, 0) is 25.3 Å². The fourth-order valence-electron chi connectivity index (χ4n) is 2.25. The maximum absolute atomic E-state index is 9.34. The molecule has 0 bridgehead atoms. The Morgan fingerprint density at radius 2 is 1.95 bits per heavy atom. The minimum Gasteiger partial charge on any atom is -0.395 e. The Hall–Kier alpha value is -1.65. The summed E-state index contributed by atoms with van der Waals surface area (Å²) in [5, 5.41) is 20.7. The van der Waals surface area contributed by atoms with E-state index in [0.717, 1.165) is 16.6 Å². The minimum absolute atomic E-state index is 0.0805. The molecule has 2 N–H and O–H groups in total. The number of aliphatic hydroxyl groups excluding tert-OH is 2. The van der Waals surface area contributed by atoms with Crippen LogP contribution in [0.5, 0.6) is 0 Å². The van der Waals surface area contributed by atoms with E-state index in [1.807, 2.05) is 30.3 Å². The van der Waals surface area contributed by atoms with Crippen molar-refractivity contribution in [2.75, 3.05) is 18.1 Å². The van der Waals surface area contributed by atoms with Crippen LogP contribution >= 0.6 is 0 Å². The second-order valence-electron chi connectivity index (χ2n) is 4.83. The molecule has 19 heavy (non-hydrogen) atoms. The van der Waals surface area contributed by atoms with Crippen LogP contribution in [-0.4, -0.2) is 34.4 Å². The lowest BCUT2D eigenvalue weighted by molar-refractivity contribution is 0.277. The molecule has 0 spiro atoms. The van der Waals surface area contributed by atoms with Crippen molar-refractivity contribution in [1.29, 1.82) is 0 Å². The Bertz CT molecular complexity index is 555. The Balaban J connectivity index is 2.61. The molecule has 0 aliphatic heterocycles. The molecule has 0 aliphatic rings. The van der Waals surface area contributed by atoms with Gasteiger partial charge in [-0.3, -0.25) is 0 Å². The van der Waals surface area contributed by atoms with Crippen LogP contribution in [0.3, 0.4) is 0 Å². The van der Waals surface area contributed by atoms with Gasteiger partial charge in [0.25, 0.3) is 0 Å². The molecule has 0 radical (unpaired) electrons. The van der Waals surface area contributed by atoms with Gasteiger partial charge in [0.15, 0.2) is 0 Å². The number of aliphatic hydroxyl groups is 2. The van der Waals surface area contributed by atoms with E-state index in [4.69, 9.17) is 0 Å². The van der Waals surface area contributed by atoms with Gasteiger partial charge in [0.2, 0.25) is 0 Å². The van der Waals surface area contributed by atoms with Gasteiger partial charge in [-0.2, -0.15) is 0 Å². The smallest absolute Gasteiger partial charge is 0.137 e. The summed E-state index contributed by atoms with van der Waals surface area (Å²) < 4.78 is 0. The molecule has 2 rings (SSSR count). The topological polar surface area (TPSA) is 56.6 Å². The van der Waals surface area contributed by atoms with Gasteiger partial charge in [-0.1, -0.05) is 24.3 Å². The fourth-order valence-corrected chi connectivity index (χ4v) is 2.25. The summed E-state index contributed by atoms with van der Waals surface area (Å²) >= 11 is 0. The van der Waals surface area contributed by atoms with Gasteiger partial charge in [-0.25, -0.2) is 4.98 Å². The van der Waals surface area contributed by atoms with Crippen LogP contribution in [0.1, 0.15) is 19.5 Å². The Morgan fingerprint density at radius 1 is 1.21 bits per heavy atom. The number of hydrogen-bond acceptors (Lipinski definition) is 4. The average molecular weight is 260 g/mol. The van der Waals surface area contributed by atoms with Crippen molar-refractivity contribution in [3.63, 3.8) is 0 Å². The number of hydrogen-bond donors (Lipinski definition) is 2. The van der Waals surface area contributed by atoms with Crippen molar-refractivity contribution in [3.05, 3.63) is 36.0 Å². The largest absolute Gasteiger partial charge is 0.395 e. The summed E-state index contributed by atoms with van der Waals surface area (Å²) in [5.74, 6) is 0.825. The van der Waals surface area contributed by atoms with E-state index in [-0.39, 0.29) is 19.3 Å². The molecule has 0 saturated heterocycles. The molecule has 0 amide bonds. The van der Waals surface area contributed by atoms with Crippen LogP contribution in [0, 0.1) is 0 Å². The van der Waals surface area contributed by atoms with Crippen molar-refractivity contribution in [2.45, 2.75) is 26.5 Å². The summed E-state index contributed by atoms with van der Waals surface area (Å²) in [6.45, 7) is 4.67. The quantitative estimate of drug-likeness (QED) is 0.862. The van der Waals surface area contributed by atoms with Crippen LogP contribution < -0.4 is 4.90 Å². The van der Waals surface area contributed by atoms with Gasteiger partial charge in [0.05, 0.1) is 18.9 Å². The minimum atomic E-state index is -0.0805. The van der Waals surface area contributed by atoms with Gasteiger partial charge in [-0.15, -0.1) is 0 Å². The van der Waals surface area contributed by atoms with Crippen LogP contribution in [0.4, 0.5) is 5.82 Å². The molecule has 1 heterocycles. The first-order valence-electron chi connectivity index (χ1n) is 6.54. The standard InChI is InChI=1S/C15H20N2O2/c1-11(2)17(7-8-18)15-14-6-4-3-5-12(14)9-13(10-19)16-15/h3-6,9,11,18-19H,7-8,10H2,1-2H3. The Morgan fingerprint density at radius 3 is 2.58 bits per heavy atom. The number of rotatable bonds is 5. The molecule has 1 aromatic carbocycles. The number of nitrogens with zero attached hydrogens (tertiary/aromatic N) is 2. The van der Waals surface area contributed by atoms with Crippen molar-refractivity contribution in [2.24, 2.45) is 0 Å². The lowest BCUT2D eigenvalue weighted by Gasteiger charge is -2.28. The highest BCUT2D eigenvalue weighted by atomic mass is 16.3. The lowest BCUT2D eigenvalue weighted by Crippen LogP contribution is -2.34. The van der Waals surface area contributed by atoms with E-state index in [9.17, 15) is 10.2 Å². The first-order valence-corrected chi connectivity index (χ1v) is 6.54. The van der Waals surface area contributed by atoms with Crippen LogP contribution in [0.25, 0.3) is 10.8 Å². The zero-order chi connectivity index (χ0) is 13.8. The SMILES string of the molecule is CC(C)N(CCO)c1nc(CO)cc2ccccc12. The van der Waals surface area contributed by atoms with E-state index in [1.54, 1.807) is 0 Å². The highest BCUT2D eigenvalue weighted by molar-refractivity contribution is 5.92. The predicted molar refractivity (Wildman–Crippen MR) is 77.2 cm³/mol. The number of benzene rings is 1. The number of fused-ring (bicyclic) bond motifs is 1. The van der Waals surface area contributed by atoms with Crippen LogP contribution in [0.2, 0.25) is 0 Å². The molecule has 102 valence electrons. The average Bonchev–Trinajstić information content (AvgIpc) is 2.43. The maximum Gasteiger partial charge on any atom is 0.137 e. The van der Waals surface area contributed by atoms with E-state index in [1.165, 1.54) is 0 Å². The van der Waals surface area contributed by atoms with Crippen molar-refractivity contribution in [1.82, 2.24) is 4.98 Å². The molecular formula is C15H20N2O2. The summed E-state index contributed by atoms with van der Waals surface area (Å²) in [7, 11) is 0. The lowest BCUT2D eigenvalue weighted by atomic mass is 10.1. The number of anilines is 1. The predicted octanol–water partition coefficient (Wildman–Crippen LogP) is 1.93. The Labute approximate surface area is 113 Å². The van der Waals surface area contributed by atoms with Crippen molar-refractivity contribution >= 4 is 16.6 Å². The van der Waals surface area contributed by atoms with E-state index < -0.39 is 0 Å². The van der Waals surface area contributed by atoms with Gasteiger partial charge >= 0.3 is 0 Å². The molecule has 0 aliphatic carbocycles. The molecule has 0 unspecified atom stereocenters. The van der Waals surface area contributed by atoms with Gasteiger partial charge in [0, 0.05) is 18.0 Å².